The molecule has 0 amide bonds. The number of benzene rings is 2. The van der Waals surface area contributed by atoms with Crippen molar-refractivity contribution in [3.05, 3.63) is 64.9 Å². The van der Waals surface area contributed by atoms with Gasteiger partial charge in [0.2, 0.25) is 5.69 Å². The lowest BCUT2D eigenvalue weighted by molar-refractivity contribution is -0.435. The third-order valence-electron chi connectivity index (χ3n) is 2.45. The van der Waals surface area contributed by atoms with Crippen molar-refractivity contribution >= 4 is 11.4 Å². The van der Waals surface area contributed by atoms with Crippen molar-refractivity contribution in [2.45, 2.75) is 0 Å². The highest BCUT2D eigenvalue weighted by Gasteiger charge is 2.04. The topological polar surface area (TPSA) is 38.4 Å². The van der Waals surface area contributed by atoms with Crippen LogP contribution < -0.4 is 0 Å². The molecule has 0 aliphatic carbocycles. The predicted molar refractivity (Wildman–Crippen MR) is 74.1 cm³/mol. The number of hydrogen-bond acceptors (Lipinski definition) is 2. The Morgan fingerprint density at radius 1 is 0.947 bits per heavy atom. The molecule has 0 aromatic heterocycles. The smallest absolute Gasteiger partial charge is 0.246 e. The third kappa shape index (κ3) is 3.00. The number of nitrogens with zero attached hydrogens (tertiary/aromatic N) is 2. The number of hydrogen-bond donors (Lipinski definition) is 0. The highest BCUT2D eigenvalue weighted by Crippen LogP contribution is 2.19. The van der Waals surface area contributed by atoms with Gasteiger partial charge in [0.05, 0.1) is 0 Å². The second kappa shape index (κ2) is 5.53. The maximum Gasteiger partial charge on any atom is 0.246 e. The number of rotatable bonds is 2. The molecule has 90 valence electrons. The van der Waals surface area contributed by atoms with Gasteiger partial charge in [-0.25, -0.2) is 0 Å². The minimum atomic E-state index is 0.376. The van der Waals surface area contributed by atoms with Gasteiger partial charge in [-0.1, -0.05) is 28.8 Å². The van der Waals surface area contributed by atoms with Gasteiger partial charge >= 0.3 is 0 Å². The molecule has 3 heteroatoms. The van der Waals surface area contributed by atoms with Crippen molar-refractivity contribution in [1.82, 2.24) is 0 Å². The van der Waals surface area contributed by atoms with Crippen LogP contribution in [0.25, 0.3) is 0 Å². The molecule has 2 aromatic rings. The first-order chi connectivity index (χ1) is 9.22. The molecule has 3 nitrogen and oxygen atoms in total. The average molecular weight is 246 g/mol. The highest BCUT2D eigenvalue weighted by molar-refractivity contribution is 5.46. The Morgan fingerprint density at radius 3 is 2.26 bits per heavy atom. The fourth-order valence-corrected chi connectivity index (χ4v) is 1.54. The van der Waals surface area contributed by atoms with Crippen molar-refractivity contribution in [2.24, 2.45) is 5.11 Å². The zero-order valence-electron chi connectivity index (χ0n) is 10.1. The molecule has 0 saturated carbocycles. The molecule has 2 aromatic carbocycles. The summed E-state index contributed by atoms with van der Waals surface area (Å²) in [4.78, 5) is 0.524. The zero-order chi connectivity index (χ0) is 13.7. The molecule has 0 aliphatic heterocycles. The Hall–Kier alpha value is -3.04. The first-order valence-corrected chi connectivity index (χ1v) is 5.55. The van der Waals surface area contributed by atoms with Crippen LogP contribution in [-0.2, 0) is 0 Å². The molecule has 19 heavy (non-hydrogen) atoms. The van der Waals surface area contributed by atoms with Crippen LogP contribution in [0.1, 0.15) is 11.1 Å². The van der Waals surface area contributed by atoms with Crippen molar-refractivity contribution in [3.8, 4) is 24.7 Å². The largest absolute Gasteiger partial charge is 0.594 e. The molecule has 0 bridgehead atoms. The van der Waals surface area contributed by atoms with E-state index in [1.807, 2.05) is 0 Å². The van der Waals surface area contributed by atoms with Gasteiger partial charge in [0.15, 0.2) is 0 Å². The maximum absolute atomic E-state index is 11.9. The van der Waals surface area contributed by atoms with E-state index in [1.54, 1.807) is 48.5 Å². The summed E-state index contributed by atoms with van der Waals surface area (Å²) in [6, 6.07) is 13.6. The number of azo groups is 1. The first-order valence-electron chi connectivity index (χ1n) is 5.55. The molecule has 0 spiro atoms. The lowest BCUT2D eigenvalue weighted by Crippen LogP contribution is -1.91. The van der Waals surface area contributed by atoms with Crippen LogP contribution in [0.3, 0.4) is 0 Å². The maximum atomic E-state index is 11.9. The molecule has 2 rings (SSSR count). The Kier molecular flexibility index (Phi) is 3.61. The molecular formula is C16H10N2O. The van der Waals surface area contributed by atoms with Crippen LogP contribution in [0.2, 0.25) is 0 Å². The minimum absolute atomic E-state index is 0.376. The molecule has 0 atom stereocenters. The van der Waals surface area contributed by atoms with E-state index in [0.29, 0.717) is 27.4 Å². The van der Waals surface area contributed by atoms with Gasteiger partial charge in [0.25, 0.3) is 0 Å². The van der Waals surface area contributed by atoms with Crippen molar-refractivity contribution in [2.75, 3.05) is 0 Å². The quantitative estimate of drug-likeness (QED) is 0.345. The van der Waals surface area contributed by atoms with Crippen molar-refractivity contribution < 1.29 is 4.86 Å². The van der Waals surface area contributed by atoms with E-state index in [9.17, 15) is 5.21 Å². The summed E-state index contributed by atoms with van der Waals surface area (Å²) in [6.07, 6.45) is 10.6. The molecule has 0 saturated heterocycles. The summed E-state index contributed by atoms with van der Waals surface area (Å²) in [6.45, 7) is 0. The van der Waals surface area contributed by atoms with E-state index in [4.69, 9.17) is 12.8 Å². The molecule has 0 aliphatic rings. The van der Waals surface area contributed by atoms with Crippen LogP contribution in [0.15, 0.2) is 53.6 Å². The van der Waals surface area contributed by atoms with Crippen LogP contribution in [0, 0.1) is 29.9 Å². The summed E-state index contributed by atoms with van der Waals surface area (Å²) in [5.41, 5.74) is 2.18. The Morgan fingerprint density at radius 2 is 1.58 bits per heavy atom. The van der Waals surface area contributed by atoms with Gasteiger partial charge in [0, 0.05) is 28.4 Å². The van der Waals surface area contributed by atoms with Crippen molar-refractivity contribution in [3.63, 3.8) is 0 Å². The monoisotopic (exact) mass is 246 g/mol. The zero-order valence-corrected chi connectivity index (χ0v) is 10.1. The fraction of sp³-hybridized carbons (Fsp3) is 0. The molecule has 0 radical (unpaired) electrons. The molecular weight excluding hydrogens is 236 g/mol. The Balaban J connectivity index is 2.37. The SMILES string of the molecule is C#Cc1cccc(N=[N+]([O-])c2cccc(C#C)c2)c1. The van der Waals surface area contributed by atoms with Crippen LogP contribution in [-0.4, -0.2) is 4.86 Å². The average Bonchev–Trinajstić information content (AvgIpc) is 2.47. The van der Waals surface area contributed by atoms with Gasteiger partial charge in [-0.15, -0.1) is 12.8 Å². The van der Waals surface area contributed by atoms with E-state index in [0.717, 1.165) is 0 Å². The van der Waals surface area contributed by atoms with Crippen molar-refractivity contribution in [1.29, 1.82) is 0 Å². The first kappa shape index (κ1) is 12.4. The summed E-state index contributed by atoms with van der Waals surface area (Å²) >= 11 is 0. The summed E-state index contributed by atoms with van der Waals surface area (Å²) in [5, 5.41) is 15.8. The minimum Gasteiger partial charge on any atom is -0.594 e. The molecule has 0 N–H and O–H groups in total. The van der Waals surface area contributed by atoms with Gasteiger partial charge in [-0.3, -0.25) is 0 Å². The standard InChI is InChI=1S/C16H10N2O/c1-3-13-7-5-9-15(11-13)17-18(19)16-10-6-8-14(4-2)12-16/h1-2,5-12H. The third-order valence-corrected chi connectivity index (χ3v) is 2.45. The summed E-state index contributed by atoms with van der Waals surface area (Å²) in [5.74, 6) is 4.96. The van der Waals surface area contributed by atoms with Gasteiger partial charge in [0.1, 0.15) is 5.69 Å². The van der Waals surface area contributed by atoms with Gasteiger partial charge < -0.3 is 5.21 Å². The van der Waals surface area contributed by atoms with E-state index < -0.39 is 0 Å². The van der Waals surface area contributed by atoms with Crippen LogP contribution in [0.4, 0.5) is 11.4 Å². The van der Waals surface area contributed by atoms with Crippen LogP contribution in [0.5, 0.6) is 0 Å². The normalized spacial score (nSPS) is 10.5. The van der Waals surface area contributed by atoms with Gasteiger partial charge in [-0.2, -0.15) is 0 Å². The lowest BCUT2D eigenvalue weighted by atomic mass is 10.2. The molecule has 0 unspecified atom stereocenters. The van der Waals surface area contributed by atoms with E-state index in [1.165, 1.54) is 0 Å². The summed E-state index contributed by atoms with van der Waals surface area (Å²) < 4.78 is 0. The molecule has 0 fully saturated rings. The molecule has 0 heterocycles. The van der Waals surface area contributed by atoms with E-state index >= 15 is 0 Å². The van der Waals surface area contributed by atoms with E-state index in [-0.39, 0.29) is 0 Å². The number of terminal acetylenes is 2. The van der Waals surface area contributed by atoms with E-state index in [2.05, 4.69) is 17.0 Å². The summed E-state index contributed by atoms with van der Waals surface area (Å²) in [7, 11) is 0. The second-order valence-corrected chi connectivity index (χ2v) is 3.76. The Labute approximate surface area is 111 Å². The fourth-order valence-electron chi connectivity index (χ4n) is 1.54. The Bertz CT molecular complexity index is 718. The van der Waals surface area contributed by atoms with Gasteiger partial charge in [-0.05, 0) is 24.3 Å². The van der Waals surface area contributed by atoms with Crippen LogP contribution >= 0.6 is 0 Å². The highest BCUT2D eigenvalue weighted by atomic mass is 16.5. The second-order valence-electron chi connectivity index (χ2n) is 3.76. The lowest BCUT2D eigenvalue weighted by Gasteiger charge is -2.00. The predicted octanol–water partition coefficient (Wildman–Crippen LogP) is 3.57.